The fourth-order valence-electron chi connectivity index (χ4n) is 2.09. The smallest absolute Gasteiger partial charge is 0.269 e. The van der Waals surface area contributed by atoms with Gasteiger partial charge in [0.1, 0.15) is 0 Å². The van der Waals surface area contributed by atoms with Gasteiger partial charge in [-0.2, -0.15) is 5.10 Å². The summed E-state index contributed by atoms with van der Waals surface area (Å²) in [4.78, 5) is 23.7. The highest BCUT2D eigenvalue weighted by atomic mass is 32.2. The van der Waals surface area contributed by atoms with Crippen molar-refractivity contribution >= 4 is 40.4 Å². The molecule has 0 N–H and O–H groups in total. The topological polar surface area (TPSA) is 88.2 Å². The molecule has 1 heterocycles. The normalized spacial score (nSPS) is 16.2. The van der Waals surface area contributed by atoms with Crippen LogP contribution < -0.4 is 4.90 Å². The highest BCUT2D eigenvalue weighted by molar-refractivity contribution is 8.15. The van der Waals surface area contributed by atoms with E-state index in [-0.39, 0.29) is 11.6 Å². The Kier molecular flexibility index (Phi) is 4.66. The number of rotatable bonds is 4. The molecule has 0 unspecified atom stereocenters. The molecule has 2 aromatic carbocycles. The molecule has 7 nitrogen and oxygen atoms in total. The largest absolute Gasteiger partial charge is 0.273 e. The van der Waals surface area contributed by atoms with Crippen molar-refractivity contribution in [2.45, 2.75) is 0 Å². The van der Waals surface area contributed by atoms with Gasteiger partial charge in [-0.05, 0) is 29.8 Å². The highest BCUT2D eigenvalue weighted by Gasteiger charge is 2.29. The first-order chi connectivity index (χ1) is 11.6. The van der Waals surface area contributed by atoms with Crippen molar-refractivity contribution in [1.82, 2.24) is 0 Å². The van der Waals surface area contributed by atoms with Gasteiger partial charge in [-0.1, -0.05) is 30.0 Å². The predicted octanol–water partition coefficient (Wildman–Crippen LogP) is 3.06. The van der Waals surface area contributed by atoms with Crippen LogP contribution in [-0.2, 0) is 4.79 Å². The Morgan fingerprint density at radius 1 is 1.12 bits per heavy atom. The van der Waals surface area contributed by atoms with E-state index in [1.54, 1.807) is 12.1 Å². The number of hydrogen-bond acceptors (Lipinski definition) is 6. The van der Waals surface area contributed by atoms with Crippen molar-refractivity contribution in [2.24, 2.45) is 10.2 Å². The minimum atomic E-state index is -0.459. The van der Waals surface area contributed by atoms with E-state index >= 15 is 0 Å². The molecule has 24 heavy (non-hydrogen) atoms. The summed E-state index contributed by atoms with van der Waals surface area (Å²) in [5, 5.41) is 19.2. The summed E-state index contributed by atoms with van der Waals surface area (Å²) in [5.74, 6) is 0.274. The maximum Gasteiger partial charge on any atom is 0.269 e. The summed E-state index contributed by atoms with van der Waals surface area (Å²) in [6.07, 6.45) is 1.49. The van der Waals surface area contributed by atoms with Crippen LogP contribution in [0.5, 0.6) is 0 Å². The molecule has 120 valence electrons. The molecule has 8 heteroatoms. The second kappa shape index (κ2) is 7.05. The molecule has 1 saturated heterocycles. The monoisotopic (exact) mass is 340 g/mol. The molecule has 1 amide bonds. The van der Waals surface area contributed by atoms with Gasteiger partial charge in [0.15, 0.2) is 5.17 Å². The maximum absolute atomic E-state index is 12.0. The molecule has 2 aromatic rings. The van der Waals surface area contributed by atoms with Crippen LogP contribution in [0.2, 0.25) is 0 Å². The fraction of sp³-hybridized carbons (Fsp3) is 0.0625. The van der Waals surface area contributed by atoms with E-state index in [1.165, 1.54) is 35.0 Å². The predicted molar refractivity (Wildman–Crippen MR) is 94.5 cm³/mol. The maximum atomic E-state index is 12.0. The van der Waals surface area contributed by atoms with Crippen molar-refractivity contribution in [3.8, 4) is 0 Å². The molecule has 0 radical (unpaired) electrons. The average Bonchev–Trinajstić information content (AvgIpc) is 2.97. The zero-order valence-corrected chi connectivity index (χ0v) is 13.2. The highest BCUT2D eigenvalue weighted by Crippen LogP contribution is 2.26. The Balaban J connectivity index is 1.77. The number of amides is 1. The zero-order valence-electron chi connectivity index (χ0n) is 12.4. The Bertz CT molecular complexity index is 819. The average molecular weight is 340 g/mol. The molecular weight excluding hydrogens is 328 g/mol. The number of anilines is 1. The van der Waals surface area contributed by atoms with Crippen LogP contribution in [0.15, 0.2) is 64.8 Å². The number of carbonyl (C=O) groups excluding carboxylic acids is 1. The number of thioether (sulfide) groups is 1. The first-order valence-electron chi connectivity index (χ1n) is 7.01. The molecule has 0 spiro atoms. The van der Waals surface area contributed by atoms with Crippen LogP contribution in [-0.4, -0.2) is 28.0 Å². The molecule has 0 aromatic heterocycles. The number of carbonyl (C=O) groups is 1. The van der Waals surface area contributed by atoms with Gasteiger partial charge >= 0.3 is 0 Å². The van der Waals surface area contributed by atoms with Gasteiger partial charge in [0, 0.05) is 12.1 Å². The van der Waals surface area contributed by atoms with Crippen molar-refractivity contribution in [2.75, 3.05) is 10.7 Å². The summed E-state index contributed by atoms with van der Waals surface area (Å²) in [7, 11) is 0. The Labute approximate surface area is 141 Å². The number of amidine groups is 1. The van der Waals surface area contributed by atoms with E-state index in [0.717, 1.165) is 5.69 Å². The second-order valence-electron chi connectivity index (χ2n) is 4.83. The third-order valence-corrected chi connectivity index (χ3v) is 4.15. The summed E-state index contributed by atoms with van der Waals surface area (Å²) in [6, 6.07) is 15.2. The van der Waals surface area contributed by atoms with E-state index in [4.69, 9.17) is 0 Å². The lowest BCUT2D eigenvalue weighted by Gasteiger charge is -2.14. The van der Waals surface area contributed by atoms with E-state index in [2.05, 4.69) is 10.2 Å². The molecular formula is C16H12N4O3S. The lowest BCUT2D eigenvalue weighted by atomic mass is 10.2. The number of para-hydroxylation sites is 1. The Morgan fingerprint density at radius 2 is 1.83 bits per heavy atom. The third-order valence-electron chi connectivity index (χ3n) is 3.23. The van der Waals surface area contributed by atoms with Crippen LogP contribution in [0, 0.1) is 10.1 Å². The third kappa shape index (κ3) is 3.49. The lowest BCUT2D eigenvalue weighted by molar-refractivity contribution is -0.384. The summed E-state index contributed by atoms with van der Waals surface area (Å²) in [5.41, 5.74) is 1.45. The van der Waals surface area contributed by atoms with E-state index in [0.29, 0.717) is 16.5 Å². The van der Waals surface area contributed by atoms with Crippen LogP contribution in [0.1, 0.15) is 5.56 Å². The van der Waals surface area contributed by atoms with Gasteiger partial charge in [0.25, 0.3) is 5.69 Å². The van der Waals surface area contributed by atoms with Gasteiger partial charge < -0.3 is 0 Å². The molecule has 3 rings (SSSR count). The van der Waals surface area contributed by atoms with Gasteiger partial charge in [0.2, 0.25) is 5.91 Å². The molecule has 0 atom stereocenters. The molecule has 1 aliphatic heterocycles. The van der Waals surface area contributed by atoms with Crippen LogP contribution in [0.25, 0.3) is 0 Å². The van der Waals surface area contributed by atoms with Gasteiger partial charge in [-0.15, -0.1) is 5.10 Å². The number of hydrogen-bond donors (Lipinski definition) is 0. The van der Waals surface area contributed by atoms with Gasteiger partial charge in [-0.25, -0.2) is 0 Å². The van der Waals surface area contributed by atoms with Crippen molar-refractivity contribution in [3.05, 3.63) is 70.3 Å². The quantitative estimate of drug-likeness (QED) is 0.486. The van der Waals surface area contributed by atoms with E-state index < -0.39 is 4.92 Å². The number of nitro benzene ring substituents is 1. The van der Waals surface area contributed by atoms with Gasteiger partial charge in [-0.3, -0.25) is 19.8 Å². The summed E-state index contributed by atoms with van der Waals surface area (Å²) < 4.78 is 0. The number of nitro groups is 1. The molecule has 0 aliphatic carbocycles. The molecule has 0 bridgehead atoms. The fourth-order valence-corrected chi connectivity index (χ4v) is 2.92. The summed E-state index contributed by atoms with van der Waals surface area (Å²) in [6.45, 7) is 0. The standard InChI is InChI=1S/C16H12N4O3S/c21-15-11-24-16(19(15)13-4-2-1-3-5-13)18-17-10-12-6-8-14(9-7-12)20(22)23/h1-10H,11H2/b17-10+,18-16+. The first-order valence-corrected chi connectivity index (χ1v) is 8.00. The summed E-state index contributed by atoms with van der Waals surface area (Å²) >= 11 is 1.32. The Morgan fingerprint density at radius 3 is 2.50 bits per heavy atom. The van der Waals surface area contributed by atoms with E-state index in [9.17, 15) is 14.9 Å². The molecule has 1 fully saturated rings. The van der Waals surface area contributed by atoms with Crippen LogP contribution >= 0.6 is 11.8 Å². The molecule has 0 saturated carbocycles. The van der Waals surface area contributed by atoms with Crippen LogP contribution in [0.4, 0.5) is 11.4 Å². The number of nitrogens with zero attached hydrogens (tertiary/aromatic N) is 4. The van der Waals surface area contributed by atoms with Gasteiger partial charge in [0.05, 0.1) is 22.6 Å². The van der Waals surface area contributed by atoms with Crippen molar-refractivity contribution in [1.29, 1.82) is 0 Å². The lowest BCUT2D eigenvalue weighted by Crippen LogP contribution is -2.28. The second-order valence-corrected chi connectivity index (χ2v) is 5.77. The number of non-ortho nitro benzene ring substituents is 1. The minimum absolute atomic E-state index is 0.0191. The molecule has 1 aliphatic rings. The SMILES string of the molecule is O=C1CS/C(=N/N=C/c2ccc([N+](=O)[O-])cc2)N1c1ccccc1. The van der Waals surface area contributed by atoms with Crippen molar-refractivity contribution < 1.29 is 9.72 Å². The van der Waals surface area contributed by atoms with Crippen molar-refractivity contribution in [3.63, 3.8) is 0 Å². The minimum Gasteiger partial charge on any atom is -0.273 e. The first kappa shape index (κ1) is 15.9. The van der Waals surface area contributed by atoms with E-state index in [1.807, 2.05) is 30.3 Å². The van der Waals surface area contributed by atoms with Crippen LogP contribution in [0.3, 0.4) is 0 Å². The zero-order chi connectivity index (χ0) is 16.9. The number of benzene rings is 2. The Hall–Kier alpha value is -3.00.